The van der Waals surface area contributed by atoms with Crippen molar-refractivity contribution in [3.8, 4) is 0 Å². The van der Waals surface area contributed by atoms with Gasteiger partial charge in [-0.25, -0.2) is 12.7 Å². The average Bonchev–Trinajstić information content (AvgIpc) is 2.53. The topological polar surface area (TPSA) is 57.7 Å². The number of rotatable bonds is 5. The highest BCUT2D eigenvalue weighted by molar-refractivity contribution is 7.99. The lowest BCUT2D eigenvalue weighted by molar-refractivity contribution is -0.136. The molecule has 122 valence electrons. The molecule has 7 heteroatoms. The third-order valence-electron chi connectivity index (χ3n) is 4.21. The molecule has 2 aliphatic heterocycles. The zero-order valence-electron chi connectivity index (χ0n) is 12.8. The average molecular weight is 335 g/mol. The van der Waals surface area contributed by atoms with Crippen LogP contribution in [0.5, 0.6) is 0 Å². The summed E-state index contributed by atoms with van der Waals surface area (Å²) in [6, 6.07) is 0. The van der Waals surface area contributed by atoms with Gasteiger partial charge in [-0.3, -0.25) is 4.79 Å². The molecule has 0 saturated carbocycles. The normalized spacial score (nSPS) is 25.0. The zero-order valence-corrected chi connectivity index (χ0v) is 14.4. The Morgan fingerprint density at radius 3 is 2.62 bits per heavy atom. The van der Waals surface area contributed by atoms with Crippen LogP contribution in [0.1, 0.15) is 32.6 Å². The molecule has 2 saturated heterocycles. The first-order valence-electron chi connectivity index (χ1n) is 7.89. The van der Waals surface area contributed by atoms with Gasteiger partial charge in [0.1, 0.15) is 0 Å². The van der Waals surface area contributed by atoms with Crippen molar-refractivity contribution in [3.63, 3.8) is 0 Å². The van der Waals surface area contributed by atoms with E-state index in [0.29, 0.717) is 19.5 Å². The largest absolute Gasteiger partial charge is 0.341 e. The SMILES string of the molecule is CCCCS(=O)(=O)N1CCCC(C(=O)N2CCSCC2)C1. The standard InChI is InChI=1S/C14H26N2O3S2/c1-2-3-11-21(18,19)16-6-4-5-13(12-16)14(17)15-7-9-20-10-8-15/h13H,2-12H2,1H3. The van der Waals surface area contributed by atoms with E-state index in [1.165, 1.54) is 0 Å². The van der Waals surface area contributed by atoms with Crippen molar-refractivity contribution in [2.45, 2.75) is 32.6 Å². The van der Waals surface area contributed by atoms with Crippen molar-refractivity contribution < 1.29 is 13.2 Å². The van der Waals surface area contributed by atoms with E-state index in [1.54, 1.807) is 4.31 Å². The number of nitrogens with zero attached hydrogens (tertiary/aromatic N) is 2. The lowest BCUT2D eigenvalue weighted by Gasteiger charge is -2.35. The summed E-state index contributed by atoms with van der Waals surface area (Å²) >= 11 is 1.88. The Morgan fingerprint density at radius 2 is 1.95 bits per heavy atom. The first kappa shape index (κ1) is 17.1. The fraction of sp³-hybridized carbons (Fsp3) is 0.929. The van der Waals surface area contributed by atoms with Crippen molar-refractivity contribution in [1.82, 2.24) is 9.21 Å². The van der Waals surface area contributed by atoms with Crippen molar-refractivity contribution in [2.24, 2.45) is 5.92 Å². The monoisotopic (exact) mass is 334 g/mol. The number of carbonyl (C=O) groups is 1. The summed E-state index contributed by atoms with van der Waals surface area (Å²) < 4.78 is 26.1. The van der Waals surface area contributed by atoms with Crippen LogP contribution in [0.2, 0.25) is 0 Å². The number of carbonyl (C=O) groups excluding carboxylic acids is 1. The van der Waals surface area contributed by atoms with E-state index in [9.17, 15) is 13.2 Å². The smallest absolute Gasteiger partial charge is 0.227 e. The van der Waals surface area contributed by atoms with E-state index < -0.39 is 10.0 Å². The first-order chi connectivity index (χ1) is 10.0. The van der Waals surface area contributed by atoms with Crippen molar-refractivity contribution >= 4 is 27.7 Å². The first-order valence-corrected chi connectivity index (χ1v) is 10.7. The van der Waals surface area contributed by atoms with Crippen molar-refractivity contribution in [2.75, 3.05) is 43.4 Å². The van der Waals surface area contributed by atoms with Gasteiger partial charge in [-0.2, -0.15) is 11.8 Å². The van der Waals surface area contributed by atoms with Gasteiger partial charge in [-0.05, 0) is 19.3 Å². The molecule has 0 N–H and O–H groups in total. The quantitative estimate of drug-likeness (QED) is 0.763. The van der Waals surface area contributed by atoms with E-state index in [4.69, 9.17) is 0 Å². The lowest BCUT2D eigenvalue weighted by Crippen LogP contribution is -2.49. The number of piperidine rings is 1. The van der Waals surface area contributed by atoms with Gasteiger partial charge in [0, 0.05) is 37.7 Å². The number of hydrogen-bond acceptors (Lipinski definition) is 4. The van der Waals surface area contributed by atoms with Crippen LogP contribution in [0.15, 0.2) is 0 Å². The van der Waals surface area contributed by atoms with Crippen LogP contribution in [0.25, 0.3) is 0 Å². The van der Waals surface area contributed by atoms with Gasteiger partial charge in [0.2, 0.25) is 15.9 Å². The molecule has 2 heterocycles. The molecule has 0 radical (unpaired) electrons. The van der Waals surface area contributed by atoms with Crippen LogP contribution in [-0.4, -0.2) is 67.0 Å². The second-order valence-electron chi connectivity index (χ2n) is 5.80. The van der Waals surface area contributed by atoms with Crippen LogP contribution in [0, 0.1) is 5.92 Å². The van der Waals surface area contributed by atoms with Gasteiger partial charge >= 0.3 is 0 Å². The predicted molar refractivity (Wildman–Crippen MR) is 86.9 cm³/mol. The molecule has 21 heavy (non-hydrogen) atoms. The van der Waals surface area contributed by atoms with Gasteiger partial charge < -0.3 is 4.90 Å². The lowest BCUT2D eigenvalue weighted by atomic mass is 9.98. The fourth-order valence-corrected chi connectivity index (χ4v) is 5.52. The van der Waals surface area contributed by atoms with Crippen LogP contribution >= 0.6 is 11.8 Å². The van der Waals surface area contributed by atoms with E-state index in [1.807, 2.05) is 23.6 Å². The van der Waals surface area contributed by atoms with Crippen LogP contribution < -0.4 is 0 Å². The number of unbranched alkanes of at least 4 members (excludes halogenated alkanes) is 1. The molecule has 0 aromatic rings. The molecule has 2 fully saturated rings. The summed E-state index contributed by atoms with van der Waals surface area (Å²) in [6.45, 7) is 4.57. The highest BCUT2D eigenvalue weighted by Gasteiger charge is 2.34. The Bertz CT molecular complexity index is 447. The molecule has 2 rings (SSSR count). The summed E-state index contributed by atoms with van der Waals surface area (Å²) in [5.74, 6) is 2.22. The third kappa shape index (κ3) is 4.60. The molecular formula is C14H26N2O3S2. The Balaban J connectivity index is 1.95. The Kier molecular flexibility index (Phi) is 6.37. The molecule has 2 aliphatic rings. The third-order valence-corrected chi connectivity index (χ3v) is 7.07. The molecule has 0 aliphatic carbocycles. The summed E-state index contributed by atoms with van der Waals surface area (Å²) in [7, 11) is -3.18. The van der Waals surface area contributed by atoms with Crippen LogP contribution in [-0.2, 0) is 14.8 Å². The van der Waals surface area contributed by atoms with Crippen molar-refractivity contribution in [3.05, 3.63) is 0 Å². The Labute approximate surface area is 132 Å². The maximum absolute atomic E-state index is 12.5. The van der Waals surface area contributed by atoms with Gasteiger partial charge in [0.15, 0.2) is 0 Å². The zero-order chi connectivity index (χ0) is 15.3. The summed E-state index contributed by atoms with van der Waals surface area (Å²) in [5.41, 5.74) is 0. The molecule has 5 nitrogen and oxygen atoms in total. The summed E-state index contributed by atoms with van der Waals surface area (Å²) in [5, 5.41) is 0. The van der Waals surface area contributed by atoms with E-state index in [-0.39, 0.29) is 17.6 Å². The predicted octanol–water partition coefficient (Wildman–Crippen LogP) is 1.40. The van der Waals surface area contributed by atoms with Crippen LogP contribution in [0.4, 0.5) is 0 Å². The van der Waals surface area contributed by atoms with Gasteiger partial charge in [-0.1, -0.05) is 13.3 Å². The Hall–Kier alpha value is -0.270. The second-order valence-corrected chi connectivity index (χ2v) is 9.12. The molecule has 0 aromatic carbocycles. The van der Waals surface area contributed by atoms with E-state index in [2.05, 4.69) is 0 Å². The molecular weight excluding hydrogens is 308 g/mol. The molecule has 1 amide bonds. The number of sulfonamides is 1. The molecule has 1 unspecified atom stereocenters. The maximum atomic E-state index is 12.5. The maximum Gasteiger partial charge on any atom is 0.227 e. The minimum Gasteiger partial charge on any atom is -0.341 e. The number of hydrogen-bond donors (Lipinski definition) is 0. The van der Waals surface area contributed by atoms with Gasteiger partial charge in [0.05, 0.1) is 11.7 Å². The number of amides is 1. The molecule has 0 aromatic heterocycles. The second kappa shape index (κ2) is 7.83. The minimum absolute atomic E-state index is 0.141. The Morgan fingerprint density at radius 1 is 1.24 bits per heavy atom. The molecule has 0 bridgehead atoms. The summed E-state index contributed by atoms with van der Waals surface area (Å²) in [6.07, 6.45) is 3.19. The number of thioether (sulfide) groups is 1. The van der Waals surface area contributed by atoms with E-state index in [0.717, 1.165) is 43.9 Å². The molecule has 1 atom stereocenters. The van der Waals surface area contributed by atoms with E-state index >= 15 is 0 Å². The molecule has 0 spiro atoms. The van der Waals surface area contributed by atoms with Crippen LogP contribution in [0.3, 0.4) is 0 Å². The van der Waals surface area contributed by atoms with Gasteiger partial charge in [0.25, 0.3) is 0 Å². The minimum atomic E-state index is -3.18. The highest BCUT2D eigenvalue weighted by atomic mass is 32.2. The van der Waals surface area contributed by atoms with Crippen molar-refractivity contribution in [1.29, 1.82) is 0 Å². The fourth-order valence-electron chi connectivity index (χ4n) is 2.89. The summed E-state index contributed by atoms with van der Waals surface area (Å²) in [4.78, 5) is 14.5. The highest BCUT2D eigenvalue weighted by Crippen LogP contribution is 2.23. The van der Waals surface area contributed by atoms with Gasteiger partial charge in [-0.15, -0.1) is 0 Å².